The molecule has 0 aliphatic heterocycles. The highest BCUT2D eigenvalue weighted by atomic mass is 35.5. The Morgan fingerprint density at radius 3 is 2.76 bits per heavy atom. The SMILES string of the molecule is CCOC(=O)c1cc(Nc2ccc(F)cc2Cl)ccc1N. The number of nitrogens with one attached hydrogen (secondary N) is 1. The van der Waals surface area contributed by atoms with Crippen molar-refractivity contribution in [2.45, 2.75) is 6.92 Å². The summed E-state index contributed by atoms with van der Waals surface area (Å²) >= 11 is 5.94. The lowest BCUT2D eigenvalue weighted by molar-refractivity contribution is 0.0527. The summed E-state index contributed by atoms with van der Waals surface area (Å²) in [5, 5.41) is 3.24. The van der Waals surface area contributed by atoms with E-state index in [2.05, 4.69) is 5.32 Å². The van der Waals surface area contributed by atoms with Crippen molar-refractivity contribution in [2.75, 3.05) is 17.7 Å². The van der Waals surface area contributed by atoms with Crippen molar-refractivity contribution in [2.24, 2.45) is 0 Å². The number of rotatable bonds is 4. The molecule has 0 aliphatic rings. The summed E-state index contributed by atoms with van der Waals surface area (Å²) in [4.78, 5) is 11.8. The van der Waals surface area contributed by atoms with Crippen LogP contribution in [0.2, 0.25) is 5.02 Å². The predicted octanol–water partition coefficient (Wildman–Crippen LogP) is 3.98. The molecular formula is C15H14ClFN2O2. The van der Waals surface area contributed by atoms with E-state index in [0.717, 1.165) is 0 Å². The fourth-order valence-electron chi connectivity index (χ4n) is 1.77. The number of hydrogen-bond donors (Lipinski definition) is 2. The van der Waals surface area contributed by atoms with Gasteiger partial charge in [-0.1, -0.05) is 11.6 Å². The second-order valence-electron chi connectivity index (χ2n) is 4.27. The largest absolute Gasteiger partial charge is 0.462 e. The van der Waals surface area contributed by atoms with Gasteiger partial charge in [-0.15, -0.1) is 0 Å². The summed E-state index contributed by atoms with van der Waals surface area (Å²) < 4.78 is 17.9. The zero-order chi connectivity index (χ0) is 15.4. The first-order chi connectivity index (χ1) is 10.0. The Hall–Kier alpha value is -2.27. The van der Waals surface area contributed by atoms with E-state index in [1.807, 2.05) is 0 Å². The second-order valence-corrected chi connectivity index (χ2v) is 4.68. The molecule has 2 aromatic carbocycles. The second kappa shape index (κ2) is 6.45. The van der Waals surface area contributed by atoms with Crippen LogP contribution in [0, 0.1) is 5.82 Å². The van der Waals surface area contributed by atoms with Gasteiger partial charge in [0.1, 0.15) is 5.82 Å². The smallest absolute Gasteiger partial charge is 0.340 e. The van der Waals surface area contributed by atoms with Gasteiger partial charge >= 0.3 is 5.97 Å². The van der Waals surface area contributed by atoms with Crippen LogP contribution in [0.25, 0.3) is 0 Å². The van der Waals surface area contributed by atoms with Crippen molar-refractivity contribution in [3.63, 3.8) is 0 Å². The Labute approximate surface area is 126 Å². The van der Waals surface area contributed by atoms with Gasteiger partial charge in [-0.05, 0) is 43.3 Å². The number of nitrogen functional groups attached to an aromatic ring is 1. The van der Waals surface area contributed by atoms with Crippen molar-refractivity contribution in [3.8, 4) is 0 Å². The molecule has 0 unspecified atom stereocenters. The topological polar surface area (TPSA) is 64.3 Å². The molecule has 0 heterocycles. The van der Waals surface area contributed by atoms with E-state index in [-0.39, 0.29) is 17.2 Å². The molecule has 0 radical (unpaired) electrons. The summed E-state index contributed by atoms with van der Waals surface area (Å²) in [5.74, 6) is -0.918. The van der Waals surface area contributed by atoms with E-state index in [1.165, 1.54) is 18.2 Å². The standard InChI is InChI=1S/C15H14ClFN2O2/c1-2-21-15(20)11-8-10(4-5-13(11)18)19-14-6-3-9(17)7-12(14)16/h3-8,19H,2,18H2,1H3. The van der Waals surface area contributed by atoms with Crippen LogP contribution < -0.4 is 11.1 Å². The summed E-state index contributed by atoms with van der Waals surface area (Å²) in [6, 6.07) is 8.85. The fraction of sp³-hybridized carbons (Fsp3) is 0.133. The molecule has 2 aromatic rings. The lowest BCUT2D eigenvalue weighted by atomic mass is 10.1. The number of nitrogens with two attached hydrogens (primary N) is 1. The highest BCUT2D eigenvalue weighted by molar-refractivity contribution is 6.33. The van der Waals surface area contributed by atoms with Crippen molar-refractivity contribution in [1.82, 2.24) is 0 Å². The molecule has 0 amide bonds. The number of hydrogen-bond acceptors (Lipinski definition) is 4. The van der Waals surface area contributed by atoms with Crippen LogP contribution in [0.5, 0.6) is 0 Å². The average molecular weight is 309 g/mol. The number of ether oxygens (including phenoxy) is 1. The van der Waals surface area contributed by atoms with Crippen molar-refractivity contribution in [1.29, 1.82) is 0 Å². The zero-order valence-corrected chi connectivity index (χ0v) is 12.1. The number of carbonyl (C=O) groups is 1. The van der Waals surface area contributed by atoms with E-state index in [0.29, 0.717) is 17.1 Å². The number of carbonyl (C=O) groups excluding carboxylic acids is 1. The fourth-order valence-corrected chi connectivity index (χ4v) is 1.98. The van der Waals surface area contributed by atoms with Crippen molar-refractivity contribution < 1.29 is 13.9 Å². The highest BCUT2D eigenvalue weighted by Crippen LogP contribution is 2.27. The molecule has 3 N–H and O–H groups in total. The third-order valence-corrected chi connectivity index (χ3v) is 3.07. The molecule has 0 spiro atoms. The van der Waals surface area contributed by atoms with E-state index in [4.69, 9.17) is 22.1 Å². The van der Waals surface area contributed by atoms with Gasteiger partial charge in [-0.2, -0.15) is 0 Å². The molecule has 0 bridgehead atoms. The molecule has 0 saturated carbocycles. The van der Waals surface area contributed by atoms with Crippen LogP contribution in [-0.2, 0) is 4.74 Å². The van der Waals surface area contributed by atoms with Gasteiger partial charge in [-0.25, -0.2) is 9.18 Å². The van der Waals surface area contributed by atoms with Gasteiger partial charge in [0.2, 0.25) is 0 Å². The lowest BCUT2D eigenvalue weighted by Crippen LogP contribution is -2.08. The first-order valence-electron chi connectivity index (χ1n) is 6.30. The van der Waals surface area contributed by atoms with Gasteiger partial charge in [-0.3, -0.25) is 0 Å². The van der Waals surface area contributed by atoms with Gasteiger partial charge < -0.3 is 15.8 Å². The summed E-state index contributed by atoms with van der Waals surface area (Å²) in [7, 11) is 0. The molecule has 2 rings (SSSR count). The maximum Gasteiger partial charge on any atom is 0.340 e. The molecule has 0 fully saturated rings. The Balaban J connectivity index is 2.28. The predicted molar refractivity (Wildman–Crippen MR) is 81.5 cm³/mol. The minimum Gasteiger partial charge on any atom is -0.462 e. The molecule has 0 aromatic heterocycles. The van der Waals surface area contributed by atoms with Gasteiger partial charge in [0, 0.05) is 11.4 Å². The molecule has 0 saturated heterocycles. The summed E-state index contributed by atoms with van der Waals surface area (Å²) in [6.45, 7) is 1.98. The van der Waals surface area contributed by atoms with Crippen LogP contribution in [0.15, 0.2) is 36.4 Å². The van der Waals surface area contributed by atoms with Crippen LogP contribution in [0.3, 0.4) is 0 Å². The van der Waals surface area contributed by atoms with E-state index < -0.39 is 11.8 Å². The third-order valence-electron chi connectivity index (χ3n) is 2.76. The first kappa shape index (κ1) is 15.1. The maximum absolute atomic E-state index is 13.0. The van der Waals surface area contributed by atoms with Crippen LogP contribution >= 0.6 is 11.6 Å². The zero-order valence-electron chi connectivity index (χ0n) is 11.3. The van der Waals surface area contributed by atoms with Gasteiger partial charge in [0.05, 0.1) is 22.9 Å². The van der Waals surface area contributed by atoms with E-state index in [9.17, 15) is 9.18 Å². The van der Waals surface area contributed by atoms with E-state index >= 15 is 0 Å². The third kappa shape index (κ3) is 3.64. The van der Waals surface area contributed by atoms with Gasteiger partial charge in [0.25, 0.3) is 0 Å². The monoisotopic (exact) mass is 308 g/mol. The number of esters is 1. The Kier molecular flexibility index (Phi) is 4.65. The number of benzene rings is 2. The van der Waals surface area contributed by atoms with Gasteiger partial charge in [0.15, 0.2) is 0 Å². The molecule has 6 heteroatoms. The Morgan fingerprint density at radius 1 is 1.33 bits per heavy atom. The maximum atomic E-state index is 13.0. The normalized spacial score (nSPS) is 10.2. The lowest BCUT2D eigenvalue weighted by Gasteiger charge is -2.11. The quantitative estimate of drug-likeness (QED) is 0.662. The molecule has 0 atom stereocenters. The molecular weight excluding hydrogens is 295 g/mol. The summed E-state index contributed by atoms with van der Waals surface area (Å²) in [6.07, 6.45) is 0. The number of anilines is 3. The molecule has 21 heavy (non-hydrogen) atoms. The Bertz CT molecular complexity index is 677. The van der Waals surface area contributed by atoms with E-state index in [1.54, 1.807) is 25.1 Å². The average Bonchev–Trinajstić information content (AvgIpc) is 2.44. The minimum absolute atomic E-state index is 0.240. The molecule has 4 nitrogen and oxygen atoms in total. The minimum atomic E-state index is -0.496. The molecule has 0 aliphatic carbocycles. The summed E-state index contributed by atoms with van der Waals surface area (Å²) in [5.41, 5.74) is 7.47. The highest BCUT2D eigenvalue weighted by Gasteiger charge is 2.12. The van der Waals surface area contributed by atoms with Crippen molar-refractivity contribution >= 4 is 34.6 Å². The van der Waals surface area contributed by atoms with Crippen LogP contribution in [-0.4, -0.2) is 12.6 Å². The first-order valence-corrected chi connectivity index (χ1v) is 6.67. The van der Waals surface area contributed by atoms with Crippen LogP contribution in [0.4, 0.5) is 21.5 Å². The van der Waals surface area contributed by atoms with Crippen molar-refractivity contribution in [3.05, 3.63) is 52.8 Å². The Morgan fingerprint density at radius 2 is 2.10 bits per heavy atom. The molecule has 110 valence electrons. The van der Waals surface area contributed by atoms with Crippen LogP contribution in [0.1, 0.15) is 17.3 Å². The number of halogens is 2.